The van der Waals surface area contributed by atoms with Gasteiger partial charge in [0.15, 0.2) is 10.8 Å². The Hall–Kier alpha value is -7.47. The van der Waals surface area contributed by atoms with Crippen LogP contribution in [0.2, 0.25) is 0 Å². The number of carbonyl (C=O) groups is 5. The van der Waals surface area contributed by atoms with E-state index in [0.29, 0.717) is 78.5 Å². The molecule has 7 aromatic rings. The molecule has 0 radical (unpaired) electrons. The first-order valence-corrected chi connectivity index (χ1v) is 35.5. The average molecular weight is 1290 g/mol. The predicted molar refractivity (Wildman–Crippen MR) is 353 cm³/mol. The number of sulfonamides is 1. The van der Waals surface area contributed by atoms with Crippen LogP contribution < -0.4 is 25.6 Å². The second kappa shape index (κ2) is 26.3. The Morgan fingerprint density at radius 1 is 0.824 bits per heavy atom. The number of hydrogen-bond donors (Lipinski definition) is 5. The molecule has 91 heavy (non-hydrogen) atoms. The van der Waals surface area contributed by atoms with Gasteiger partial charge in [-0.05, 0) is 160 Å². The Morgan fingerprint density at radius 3 is 2.27 bits per heavy atom. The Kier molecular flexibility index (Phi) is 18.4. The molecule has 2 aliphatic heterocycles. The van der Waals surface area contributed by atoms with E-state index in [4.69, 9.17) is 10.1 Å². The number of nitrogens with one attached hydrogen (secondary N) is 4. The molecule has 0 unspecified atom stereocenters. The van der Waals surface area contributed by atoms with Crippen LogP contribution in [0.5, 0.6) is 0 Å². The molecule has 4 aliphatic carbocycles. The topological polar surface area (TPSA) is 264 Å². The molecule has 20 nitrogen and oxygen atoms in total. The Labute approximate surface area is 539 Å². The van der Waals surface area contributed by atoms with Gasteiger partial charge in [0.2, 0.25) is 27.7 Å². The van der Waals surface area contributed by atoms with Gasteiger partial charge in [-0.1, -0.05) is 87.8 Å². The number of benzene rings is 2. The van der Waals surface area contributed by atoms with Gasteiger partial charge >= 0.3 is 0 Å². The number of amides is 5. The van der Waals surface area contributed by atoms with E-state index in [2.05, 4.69) is 40.3 Å². The fraction of sp³-hybridized carbons (Fsp3) is 0.500. The highest BCUT2D eigenvalue weighted by molar-refractivity contribution is 7.90. The van der Waals surface area contributed by atoms with Crippen molar-refractivity contribution >= 4 is 83.5 Å². The Morgan fingerprint density at radius 2 is 1.56 bits per heavy atom. The highest BCUT2D eigenvalue weighted by Crippen LogP contribution is 2.60. The van der Waals surface area contributed by atoms with Crippen molar-refractivity contribution in [2.75, 3.05) is 29.1 Å². The number of hydrogen-bond acceptors (Lipinski definition) is 16. The second-order valence-corrected chi connectivity index (χ2v) is 31.1. The number of pyridine rings is 2. The van der Waals surface area contributed by atoms with E-state index in [1.807, 2.05) is 113 Å². The number of carbonyl (C=O) groups excluding carboxylic acids is 5. The summed E-state index contributed by atoms with van der Waals surface area (Å²) in [6.45, 7) is 13.0. The molecule has 4 bridgehead atoms. The predicted octanol–water partition coefficient (Wildman–Crippen LogP) is 10.5. The molecule has 2 aromatic carbocycles. The van der Waals surface area contributed by atoms with E-state index in [-0.39, 0.29) is 66.4 Å². The number of aryl methyl sites for hydroxylation is 1. The SMILES string of the molecule is Cc1ncsc1-c1ccc([C@H](C)NC(=O)[C@@H]2C[C@@H](O)CN2C(=O)[C@@H](NC(=O)CCCCCCCS(=O)(=O)NC(=O)c2nc(N3CCc4cccc(C(=O)Nc5nc6ncccc6s5)c4C3)ccc2-c2cnn(CC34CC5CC(CC(C5)C3)C4)c2C)C(C)(C)C)cc1. The molecule has 480 valence electrons. The summed E-state index contributed by atoms with van der Waals surface area (Å²) in [7, 11) is -4.15. The van der Waals surface area contributed by atoms with E-state index >= 15 is 0 Å². The van der Waals surface area contributed by atoms with Crippen molar-refractivity contribution in [3.05, 3.63) is 124 Å². The van der Waals surface area contributed by atoms with Gasteiger partial charge in [0, 0.05) is 67.6 Å². The number of fused-ring (bicyclic) bond motifs is 2. The van der Waals surface area contributed by atoms with Crippen LogP contribution in [0.15, 0.2) is 84.6 Å². The first kappa shape index (κ1) is 63.7. The summed E-state index contributed by atoms with van der Waals surface area (Å²) < 4.78 is 33.1. The summed E-state index contributed by atoms with van der Waals surface area (Å²) in [6, 6.07) is 18.7. The van der Waals surface area contributed by atoms with E-state index in [1.165, 1.54) is 54.8 Å². The zero-order chi connectivity index (χ0) is 63.9. The third kappa shape index (κ3) is 14.1. The third-order valence-electron chi connectivity index (χ3n) is 19.5. The largest absolute Gasteiger partial charge is 0.391 e. The van der Waals surface area contributed by atoms with Gasteiger partial charge < -0.3 is 25.5 Å². The van der Waals surface area contributed by atoms with Crippen molar-refractivity contribution in [3.8, 4) is 21.6 Å². The molecule has 5 N–H and O–H groups in total. The lowest BCUT2D eigenvalue weighted by atomic mass is 9.49. The minimum atomic E-state index is -4.15. The number of nitrogens with zero attached hydrogens (tertiary/aromatic N) is 8. The maximum Gasteiger partial charge on any atom is 0.284 e. The Bertz CT molecular complexity index is 3940. The third-order valence-corrected chi connectivity index (χ3v) is 22.7. The quantitative estimate of drug-likeness (QED) is 0.0395. The highest BCUT2D eigenvalue weighted by atomic mass is 32.2. The van der Waals surface area contributed by atoms with E-state index < -0.39 is 45.4 Å². The minimum absolute atomic E-state index is 0.0392. The van der Waals surface area contributed by atoms with E-state index in [9.17, 15) is 37.5 Å². The summed E-state index contributed by atoms with van der Waals surface area (Å²) >= 11 is 2.91. The fourth-order valence-corrected chi connectivity index (χ4v) is 18.0. The van der Waals surface area contributed by atoms with Gasteiger partial charge in [-0.3, -0.25) is 34.0 Å². The summed E-state index contributed by atoms with van der Waals surface area (Å²) in [5.41, 5.74) is 9.07. The van der Waals surface area contributed by atoms with Crippen LogP contribution in [0, 0.1) is 42.4 Å². The number of β-amino-alcohol motifs (C(OH)–C–C–N with tert-alkyl or cyclic N) is 1. The van der Waals surface area contributed by atoms with Crippen molar-refractivity contribution < 1.29 is 37.5 Å². The number of aromatic nitrogens is 6. The van der Waals surface area contributed by atoms with Gasteiger partial charge in [-0.15, -0.1) is 11.3 Å². The number of aliphatic hydroxyl groups is 1. The smallest absolute Gasteiger partial charge is 0.284 e. The summed E-state index contributed by atoms with van der Waals surface area (Å²) in [5.74, 6) is 0.153. The molecule has 23 heteroatoms. The Balaban J connectivity index is 0.663. The van der Waals surface area contributed by atoms with E-state index in [0.717, 1.165) is 67.5 Å². The first-order valence-electron chi connectivity index (χ1n) is 32.1. The monoisotopic (exact) mass is 1290 g/mol. The van der Waals surface area contributed by atoms with Crippen molar-refractivity contribution in [1.29, 1.82) is 0 Å². The van der Waals surface area contributed by atoms with Crippen LogP contribution in [0.3, 0.4) is 0 Å². The molecule has 4 saturated carbocycles. The van der Waals surface area contributed by atoms with Crippen LogP contribution in [-0.2, 0) is 43.9 Å². The highest BCUT2D eigenvalue weighted by Gasteiger charge is 2.51. The second-order valence-electron chi connectivity index (χ2n) is 27.3. The number of unbranched alkanes of at least 4 members (excludes halogenated alkanes) is 4. The van der Waals surface area contributed by atoms with Gasteiger partial charge in [0.05, 0.1) is 44.9 Å². The summed E-state index contributed by atoms with van der Waals surface area (Å²) in [5, 5.41) is 25.1. The van der Waals surface area contributed by atoms with Crippen molar-refractivity contribution in [3.63, 3.8) is 0 Å². The lowest BCUT2D eigenvalue weighted by molar-refractivity contribution is -0.144. The molecule has 6 aliphatic rings. The lowest BCUT2D eigenvalue weighted by Gasteiger charge is -2.56. The number of thiazole rings is 2. The van der Waals surface area contributed by atoms with Crippen LogP contribution >= 0.6 is 22.7 Å². The first-order chi connectivity index (χ1) is 43.6. The van der Waals surface area contributed by atoms with Crippen LogP contribution in [0.25, 0.3) is 31.9 Å². The van der Waals surface area contributed by atoms with Gasteiger partial charge in [0.1, 0.15) is 23.6 Å². The van der Waals surface area contributed by atoms with Crippen molar-refractivity contribution in [2.45, 2.75) is 169 Å². The normalized spacial score (nSPS) is 21.8. The lowest BCUT2D eigenvalue weighted by Crippen LogP contribution is -2.57. The number of anilines is 2. The molecular weight excluding hydrogens is 1210 g/mol. The van der Waals surface area contributed by atoms with Gasteiger partial charge in [-0.25, -0.2) is 28.1 Å². The van der Waals surface area contributed by atoms with Gasteiger partial charge in [0.25, 0.3) is 11.8 Å². The maximum atomic E-state index is 14.6. The van der Waals surface area contributed by atoms with Gasteiger partial charge in [-0.2, -0.15) is 10.1 Å². The molecule has 7 heterocycles. The van der Waals surface area contributed by atoms with Crippen molar-refractivity contribution in [2.24, 2.45) is 28.6 Å². The molecule has 1 saturated heterocycles. The number of aliphatic hydroxyl groups excluding tert-OH is 1. The van der Waals surface area contributed by atoms with Crippen molar-refractivity contribution in [1.82, 2.24) is 50.0 Å². The molecule has 13 rings (SSSR count). The molecule has 5 amide bonds. The minimum Gasteiger partial charge on any atom is -0.391 e. The molecule has 0 spiro atoms. The summed E-state index contributed by atoms with van der Waals surface area (Å²) in [4.78, 5) is 92.9. The average Bonchev–Trinajstić information content (AvgIpc) is 1.71. The zero-order valence-electron chi connectivity index (χ0n) is 52.7. The fourth-order valence-electron chi connectivity index (χ4n) is 15.3. The van der Waals surface area contributed by atoms with Crippen LogP contribution in [0.1, 0.15) is 166 Å². The van der Waals surface area contributed by atoms with Crippen LogP contribution in [-0.4, -0.2) is 115 Å². The molecule has 5 fully saturated rings. The zero-order valence-corrected chi connectivity index (χ0v) is 55.1. The molecule has 5 aromatic heterocycles. The molecule has 4 atom stereocenters. The molecular formula is C68H82N12O8S3. The van der Waals surface area contributed by atoms with Crippen LogP contribution in [0.4, 0.5) is 10.9 Å². The maximum absolute atomic E-state index is 14.6. The standard InChI is InChI=1S/C68H82N12O8S3/c1-40(46-18-20-48(21-19-46)59-41(2)70-39-89-59)72-63(84)54-31-49(81)36-79(54)65(86)60(67(4,5)6)74-57(82)17-10-8-7-9-11-27-91(87,88)77-64(85)58-50(52-35-71-80(42(52)3)38-68-32-43-28-44(33-68)30-45(29-43)34-68)22-23-56(73-58)78-26-24-47-14-12-15-51(53(47)37-78)62(83)76-66-75-61-55(90-66)16-13-25-69-61/h12-16,18-23,25,35,39-40,43-45,49,54,60,81H,7-11,17,24,26-34,36-38H2,1-6H3,(H,72,84)(H,74,82)(H,77,85)(H,69,75,76,83)/t40-,43?,44?,45?,49+,54-,60+,68?/m0/s1. The summed E-state index contributed by atoms with van der Waals surface area (Å²) in [6.07, 6.45) is 13.5. The van der Waals surface area contributed by atoms with E-state index in [1.54, 1.807) is 29.8 Å². The number of rotatable bonds is 22. The number of likely N-dealkylation sites (tertiary alicyclic amines) is 1.